The second-order valence-corrected chi connectivity index (χ2v) is 6.64. The first kappa shape index (κ1) is 21.3. The molecule has 1 aliphatic heterocycles. The molecule has 0 spiro atoms. The SMILES string of the molecule is COc1cc(C(=O)OCC(O)CN2C(=O)NC(C)(C)C2=O)cc(OC)c1OC. The number of β-amino-alcohol motifs (C(OH)–C–C–N with tert-alkyl or cyclic N) is 1. The van der Waals surface area contributed by atoms with Crippen LogP contribution in [0.1, 0.15) is 24.2 Å². The topological polar surface area (TPSA) is 124 Å². The van der Waals surface area contributed by atoms with E-state index in [1.54, 1.807) is 13.8 Å². The standard InChI is InChI=1S/C18H24N2O8/c1-18(2)16(23)20(17(24)19-18)8-11(21)9-28-15(22)10-6-12(25-3)14(27-5)13(7-10)26-4/h6-7,11,21H,8-9H2,1-5H3,(H,19,24). The summed E-state index contributed by atoms with van der Waals surface area (Å²) in [6.07, 6.45) is -1.24. The molecule has 1 unspecified atom stereocenters. The second-order valence-electron chi connectivity index (χ2n) is 6.64. The molecular weight excluding hydrogens is 372 g/mol. The van der Waals surface area contributed by atoms with Crippen LogP contribution in [-0.2, 0) is 9.53 Å². The molecule has 0 radical (unpaired) electrons. The molecule has 1 saturated heterocycles. The predicted octanol–water partition coefficient (Wildman–Crippen LogP) is 0.561. The van der Waals surface area contributed by atoms with Crippen LogP contribution in [0.25, 0.3) is 0 Å². The Morgan fingerprint density at radius 2 is 1.71 bits per heavy atom. The smallest absolute Gasteiger partial charge is 0.338 e. The number of ether oxygens (including phenoxy) is 4. The van der Waals surface area contributed by atoms with Gasteiger partial charge in [-0.15, -0.1) is 0 Å². The van der Waals surface area contributed by atoms with Gasteiger partial charge in [0, 0.05) is 0 Å². The van der Waals surface area contributed by atoms with Crippen molar-refractivity contribution in [3.8, 4) is 17.2 Å². The number of benzene rings is 1. The van der Waals surface area contributed by atoms with Crippen molar-refractivity contribution >= 4 is 17.9 Å². The number of imide groups is 1. The molecule has 0 aliphatic carbocycles. The van der Waals surface area contributed by atoms with Crippen molar-refractivity contribution in [1.82, 2.24) is 10.2 Å². The number of aliphatic hydroxyl groups is 1. The third-order valence-electron chi connectivity index (χ3n) is 4.14. The number of esters is 1. The molecule has 28 heavy (non-hydrogen) atoms. The quantitative estimate of drug-likeness (QED) is 0.483. The maximum atomic E-state index is 12.3. The number of methoxy groups -OCH3 is 3. The lowest BCUT2D eigenvalue weighted by Crippen LogP contribution is -2.42. The molecule has 1 aromatic carbocycles. The van der Waals surface area contributed by atoms with E-state index in [2.05, 4.69) is 5.32 Å². The molecule has 0 saturated carbocycles. The van der Waals surface area contributed by atoms with Gasteiger partial charge in [-0.3, -0.25) is 9.69 Å². The van der Waals surface area contributed by atoms with Crippen molar-refractivity contribution in [3.05, 3.63) is 17.7 Å². The van der Waals surface area contributed by atoms with Crippen LogP contribution in [0.2, 0.25) is 0 Å². The molecule has 1 atom stereocenters. The molecule has 0 aromatic heterocycles. The lowest BCUT2D eigenvalue weighted by molar-refractivity contribution is -0.131. The summed E-state index contributed by atoms with van der Waals surface area (Å²) in [4.78, 5) is 37.1. The Labute approximate surface area is 162 Å². The molecule has 3 amide bonds. The number of hydrogen-bond donors (Lipinski definition) is 2. The van der Waals surface area contributed by atoms with Gasteiger partial charge < -0.3 is 29.4 Å². The van der Waals surface area contributed by atoms with Crippen LogP contribution in [0.4, 0.5) is 4.79 Å². The maximum Gasteiger partial charge on any atom is 0.338 e. The summed E-state index contributed by atoms with van der Waals surface area (Å²) in [5.74, 6) is -0.335. The normalized spacial score (nSPS) is 16.4. The minimum atomic E-state index is -1.24. The first-order valence-corrected chi connectivity index (χ1v) is 8.44. The summed E-state index contributed by atoms with van der Waals surface area (Å²) in [5, 5.41) is 12.6. The summed E-state index contributed by atoms with van der Waals surface area (Å²) in [7, 11) is 4.26. The highest BCUT2D eigenvalue weighted by Gasteiger charge is 2.44. The summed E-state index contributed by atoms with van der Waals surface area (Å²) < 4.78 is 20.6. The molecule has 1 aliphatic rings. The Bertz CT molecular complexity index is 752. The Morgan fingerprint density at radius 3 is 2.14 bits per heavy atom. The van der Waals surface area contributed by atoms with Gasteiger partial charge in [0.2, 0.25) is 5.75 Å². The summed E-state index contributed by atoms with van der Waals surface area (Å²) in [6, 6.07) is 2.22. The van der Waals surface area contributed by atoms with Crippen LogP contribution in [0.5, 0.6) is 17.2 Å². The van der Waals surface area contributed by atoms with Gasteiger partial charge in [0.1, 0.15) is 18.2 Å². The van der Waals surface area contributed by atoms with Crippen LogP contribution in [0, 0.1) is 0 Å². The monoisotopic (exact) mass is 396 g/mol. The van der Waals surface area contributed by atoms with Gasteiger partial charge in [-0.1, -0.05) is 0 Å². The van der Waals surface area contributed by atoms with Crippen molar-refractivity contribution in [2.75, 3.05) is 34.5 Å². The minimum absolute atomic E-state index is 0.123. The van der Waals surface area contributed by atoms with Gasteiger partial charge in [-0.2, -0.15) is 0 Å². The summed E-state index contributed by atoms with van der Waals surface area (Å²) in [5.41, 5.74) is -0.915. The molecule has 0 bridgehead atoms. The number of rotatable bonds is 8. The van der Waals surface area contributed by atoms with Crippen molar-refractivity contribution in [1.29, 1.82) is 0 Å². The Balaban J connectivity index is 2.02. The van der Waals surface area contributed by atoms with Crippen LogP contribution < -0.4 is 19.5 Å². The Hall–Kier alpha value is -3.01. The third-order valence-corrected chi connectivity index (χ3v) is 4.14. The van der Waals surface area contributed by atoms with E-state index in [1.165, 1.54) is 33.5 Å². The van der Waals surface area contributed by atoms with Gasteiger partial charge in [-0.05, 0) is 26.0 Å². The molecule has 1 heterocycles. The van der Waals surface area contributed by atoms with Crippen molar-refractivity contribution in [2.45, 2.75) is 25.5 Å². The molecule has 1 aromatic rings. The van der Waals surface area contributed by atoms with Crippen LogP contribution in [-0.4, -0.2) is 74.0 Å². The zero-order chi connectivity index (χ0) is 21.1. The van der Waals surface area contributed by atoms with Gasteiger partial charge >= 0.3 is 12.0 Å². The number of nitrogens with one attached hydrogen (secondary N) is 1. The molecular formula is C18H24N2O8. The van der Waals surface area contributed by atoms with E-state index in [1.807, 2.05) is 0 Å². The lowest BCUT2D eigenvalue weighted by atomic mass is 10.1. The van der Waals surface area contributed by atoms with E-state index in [0.717, 1.165) is 4.90 Å². The average molecular weight is 396 g/mol. The Morgan fingerprint density at radius 1 is 1.14 bits per heavy atom. The van der Waals surface area contributed by atoms with E-state index in [4.69, 9.17) is 18.9 Å². The fraction of sp³-hybridized carbons (Fsp3) is 0.500. The van der Waals surface area contributed by atoms with E-state index in [9.17, 15) is 19.5 Å². The van der Waals surface area contributed by atoms with E-state index in [0.29, 0.717) is 5.75 Å². The van der Waals surface area contributed by atoms with Crippen molar-refractivity contribution < 1.29 is 38.4 Å². The molecule has 154 valence electrons. The fourth-order valence-electron chi connectivity index (χ4n) is 2.70. The van der Waals surface area contributed by atoms with Gasteiger partial charge in [0.05, 0.1) is 33.4 Å². The van der Waals surface area contributed by atoms with Crippen LogP contribution in [0.15, 0.2) is 12.1 Å². The van der Waals surface area contributed by atoms with E-state index >= 15 is 0 Å². The number of nitrogens with zero attached hydrogens (tertiary/aromatic N) is 1. The number of urea groups is 1. The highest BCUT2D eigenvalue weighted by Crippen LogP contribution is 2.38. The van der Waals surface area contributed by atoms with Crippen LogP contribution >= 0.6 is 0 Å². The number of carbonyl (C=O) groups is 3. The van der Waals surface area contributed by atoms with Gasteiger partial charge in [0.25, 0.3) is 5.91 Å². The zero-order valence-corrected chi connectivity index (χ0v) is 16.4. The van der Waals surface area contributed by atoms with Gasteiger partial charge in [-0.25, -0.2) is 9.59 Å². The average Bonchev–Trinajstić information content (AvgIpc) is 2.86. The molecule has 2 rings (SSSR count). The second kappa shape index (κ2) is 8.34. The Kier molecular flexibility index (Phi) is 6.34. The highest BCUT2D eigenvalue weighted by atomic mass is 16.5. The maximum absolute atomic E-state index is 12.3. The largest absolute Gasteiger partial charge is 0.493 e. The summed E-state index contributed by atoms with van der Waals surface area (Å²) in [6.45, 7) is 2.41. The first-order valence-electron chi connectivity index (χ1n) is 8.44. The fourth-order valence-corrected chi connectivity index (χ4v) is 2.70. The van der Waals surface area contributed by atoms with Crippen molar-refractivity contribution in [3.63, 3.8) is 0 Å². The number of hydrogen-bond acceptors (Lipinski definition) is 8. The molecule has 10 nitrogen and oxygen atoms in total. The lowest BCUT2D eigenvalue weighted by Gasteiger charge is -2.19. The molecule has 10 heteroatoms. The highest BCUT2D eigenvalue weighted by molar-refractivity contribution is 6.06. The number of amides is 3. The molecule has 1 fully saturated rings. The number of aliphatic hydroxyl groups excluding tert-OH is 1. The van der Waals surface area contributed by atoms with Gasteiger partial charge in [0.15, 0.2) is 11.5 Å². The first-order chi connectivity index (χ1) is 13.1. The zero-order valence-electron chi connectivity index (χ0n) is 16.4. The third kappa shape index (κ3) is 4.28. The molecule has 2 N–H and O–H groups in total. The van der Waals surface area contributed by atoms with Crippen molar-refractivity contribution in [2.24, 2.45) is 0 Å². The van der Waals surface area contributed by atoms with E-state index < -0.39 is 36.2 Å². The number of carbonyl (C=O) groups excluding carboxylic acids is 3. The van der Waals surface area contributed by atoms with Crippen LogP contribution in [0.3, 0.4) is 0 Å². The summed E-state index contributed by atoms with van der Waals surface area (Å²) >= 11 is 0. The van der Waals surface area contributed by atoms with E-state index in [-0.39, 0.29) is 23.6 Å². The predicted molar refractivity (Wildman–Crippen MR) is 96.7 cm³/mol. The minimum Gasteiger partial charge on any atom is -0.493 e.